The average Bonchev–Trinajstić information content (AvgIpc) is 3.23. The van der Waals surface area contributed by atoms with Crippen molar-refractivity contribution in [3.05, 3.63) is 60.3 Å². The lowest BCUT2D eigenvalue weighted by Gasteiger charge is -2.05. The Morgan fingerprint density at radius 3 is 2.32 bits per heavy atom. The number of hydrogen-bond donors (Lipinski definition) is 7. The quantitative estimate of drug-likeness (QED) is 0.178. The van der Waals surface area contributed by atoms with Gasteiger partial charge in [0, 0.05) is 18.7 Å². The number of imidazole rings is 1. The summed E-state index contributed by atoms with van der Waals surface area (Å²) in [5, 5.41) is 20.0. The molecule has 0 atom stereocenters. The lowest BCUT2D eigenvalue weighted by Crippen LogP contribution is -2.20. The van der Waals surface area contributed by atoms with Crippen molar-refractivity contribution < 1.29 is 14.7 Å². The number of primary amides is 1. The molecule has 11 heteroatoms. The molecule has 2 heterocycles. The molecule has 0 saturated carbocycles. The first-order valence-electron chi connectivity index (χ1n) is 10.3. The molecule has 0 saturated heterocycles. The zero-order valence-electron chi connectivity index (χ0n) is 19.3. The van der Waals surface area contributed by atoms with Crippen LogP contribution < -0.4 is 22.1 Å². The molecule has 3 amide bonds. The lowest BCUT2D eigenvalue weighted by atomic mass is 10.2. The largest absolute Gasteiger partial charge is 0.400 e. The number of aromatic amines is 1. The Morgan fingerprint density at radius 2 is 1.71 bits per heavy atom. The van der Waals surface area contributed by atoms with Crippen molar-refractivity contribution in [2.24, 2.45) is 11.5 Å². The fourth-order valence-electron chi connectivity index (χ4n) is 2.70. The molecule has 180 valence electrons. The molecule has 9 N–H and O–H groups in total. The summed E-state index contributed by atoms with van der Waals surface area (Å²) in [6.45, 7) is 4.25. The number of pyridine rings is 1. The van der Waals surface area contributed by atoms with Gasteiger partial charge in [-0.1, -0.05) is 50.6 Å². The minimum Gasteiger partial charge on any atom is -0.400 e. The molecule has 4 aromatic rings. The van der Waals surface area contributed by atoms with Crippen LogP contribution in [0.5, 0.6) is 0 Å². The summed E-state index contributed by atoms with van der Waals surface area (Å²) in [5.41, 5.74) is 11.0. The van der Waals surface area contributed by atoms with Gasteiger partial charge in [0.05, 0.1) is 17.4 Å². The van der Waals surface area contributed by atoms with Crippen molar-refractivity contribution in [3.8, 4) is 0 Å². The maximum absolute atomic E-state index is 12.2. The van der Waals surface area contributed by atoms with Crippen molar-refractivity contribution in [3.63, 3.8) is 0 Å². The highest BCUT2D eigenvalue weighted by Gasteiger charge is 2.13. The van der Waals surface area contributed by atoms with Crippen molar-refractivity contribution in [1.82, 2.24) is 15.0 Å². The zero-order valence-corrected chi connectivity index (χ0v) is 19.3. The number of urea groups is 1. The highest BCUT2D eigenvalue weighted by atomic mass is 16.2. The van der Waals surface area contributed by atoms with Crippen molar-refractivity contribution in [1.29, 1.82) is 5.41 Å². The number of rotatable bonds is 3. The number of hydrogen-bond acceptors (Lipinski definition) is 6. The summed E-state index contributed by atoms with van der Waals surface area (Å²) < 4.78 is 0. The predicted octanol–water partition coefficient (Wildman–Crippen LogP) is 3.43. The predicted molar refractivity (Wildman–Crippen MR) is 136 cm³/mol. The number of carbonyl (C=O) groups is 2. The van der Waals surface area contributed by atoms with E-state index in [0.717, 1.165) is 24.2 Å². The van der Waals surface area contributed by atoms with Crippen LogP contribution in [0.1, 0.15) is 30.6 Å². The van der Waals surface area contributed by atoms with Crippen LogP contribution in [0.4, 0.5) is 16.6 Å². The second-order valence-corrected chi connectivity index (χ2v) is 6.52. The summed E-state index contributed by atoms with van der Waals surface area (Å²) in [5.74, 6) is 0.0283. The maximum atomic E-state index is 12.2. The zero-order chi connectivity index (χ0) is 25.5. The number of carbonyl (C=O) groups excluding carboxylic acids is 2. The molecule has 0 bridgehead atoms. The number of nitrogens with zero attached hydrogens (tertiary/aromatic N) is 2. The van der Waals surface area contributed by atoms with Gasteiger partial charge >= 0.3 is 6.03 Å². The topological polar surface area (TPSA) is 196 Å². The third-order valence-corrected chi connectivity index (χ3v) is 3.88. The minimum atomic E-state index is -0.585. The fourth-order valence-corrected chi connectivity index (χ4v) is 2.70. The van der Waals surface area contributed by atoms with Gasteiger partial charge in [0.1, 0.15) is 11.3 Å². The summed E-state index contributed by atoms with van der Waals surface area (Å²) in [4.78, 5) is 35.0. The SMILES string of the molecule is CCC.CO.N=CN.NC(=O)c1cccc2[nH]c(NC(=O)Nc3cc4ccccc4cn3)nc12. The highest BCUT2D eigenvalue weighted by Crippen LogP contribution is 2.19. The van der Waals surface area contributed by atoms with Crippen molar-refractivity contribution in [2.45, 2.75) is 20.3 Å². The van der Waals surface area contributed by atoms with Crippen LogP contribution in [0.3, 0.4) is 0 Å². The number of aliphatic hydroxyl groups is 1. The van der Waals surface area contributed by atoms with E-state index in [0.29, 0.717) is 16.9 Å². The van der Waals surface area contributed by atoms with Gasteiger partial charge in [0.25, 0.3) is 5.91 Å². The normalized spacial score (nSPS) is 9.29. The van der Waals surface area contributed by atoms with E-state index in [-0.39, 0.29) is 11.5 Å². The molecular formula is C23H30N8O3. The number of benzene rings is 2. The molecule has 4 rings (SSSR count). The number of aromatic nitrogens is 3. The number of para-hydroxylation sites is 1. The summed E-state index contributed by atoms with van der Waals surface area (Å²) in [6.07, 6.45) is 3.69. The Labute approximate surface area is 197 Å². The van der Waals surface area contributed by atoms with E-state index in [1.807, 2.05) is 24.3 Å². The lowest BCUT2D eigenvalue weighted by molar-refractivity contribution is 0.100. The molecule has 0 unspecified atom stereocenters. The molecule has 0 aliphatic carbocycles. The third kappa shape index (κ3) is 7.88. The average molecular weight is 467 g/mol. The first-order chi connectivity index (χ1) is 16.4. The van der Waals surface area contributed by atoms with Gasteiger partial charge in [-0.3, -0.25) is 20.8 Å². The van der Waals surface area contributed by atoms with Gasteiger partial charge < -0.3 is 21.6 Å². The minimum absolute atomic E-state index is 0.201. The summed E-state index contributed by atoms with van der Waals surface area (Å²) in [7, 11) is 1.00. The van der Waals surface area contributed by atoms with Crippen LogP contribution in [0, 0.1) is 5.41 Å². The Morgan fingerprint density at radius 1 is 1.09 bits per heavy atom. The number of aliphatic hydroxyl groups excluding tert-OH is 1. The summed E-state index contributed by atoms with van der Waals surface area (Å²) >= 11 is 0. The molecular weight excluding hydrogens is 436 g/mol. The van der Waals surface area contributed by atoms with Crippen molar-refractivity contribution in [2.75, 3.05) is 17.7 Å². The smallest absolute Gasteiger partial charge is 0.327 e. The van der Waals surface area contributed by atoms with Gasteiger partial charge in [-0.15, -0.1) is 0 Å². The second kappa shape index (κ2) is 14.5. The molecule has 34 heavy (non-hydrogen) atoms. The van der Waals surface area contributed by atoms with Gasteiger partial charge in [-0.05, 0) is 23.6 Å². The van der Waals surface area contributed by atoms with Crippen LogP contribution in [0.25, 0.3) is 21.8 Å². The number of amides is 3. The Kier molecular flexibility index (Phi) is 11.8. The van der Waals surface area contributed by atoms with E-state index in [4.69, 9.17) is 16.2 Å². The molecule has 0 fully saturated rings. The first-order valence-corrected chi connectivity index (χ1v) is 10.3. The van der Waals surface area contributed by atoms with E-state index < -0.39 is 11.9 Å². The van der Waals surface area contributed by atoms with Crippen LogP contribution >= 0.6 is 0 Å². The Hall–Kier alpha value is -4.51. The van der Waals surface area contributed by atoms with Gasteiger partial charge in [-0.2, -0.15) is 0 Å². The van der Waals surface area contributed by atoms with Crippen LogP contribution in [0.2, 0.25) is 0 Å². The standard InChI is InChI=1S/C18H14N6O2.C3H8.CH4N2.CH4O/c19-16(25)12-6-3-7-13-15(12)23-17(21-13)24-18(26)22-14-8-10-4-1-2-5-11(10)9-20-14;1-3-2;2-1-3;1-2/h1-9H,(H2,19,25)(H3,20,21,22,23,24,26);3H2,1-2H3;1H,(H3,2,3);2H,1H3. The van der Waals surface area contributed by atoms with E-state index in [1.165, 1.54) is 6.42 Å². The van der Waals surface area contributed by atoms with Crippen LogP contribution in [-0.2, 0) is 0 Å². The van der Waals surface area contributed by atoms with E-state index in [1.54, 1.807) is 30.5 Å². The molecule has 0 radical (unpaired) electrons. The number of fused-ring (bicyclic) bond motifs is 2. The highest BCUT2D eigenvalue weighted by molar-refractivity contribution is 6.05. The van der Waals surface area contributed by atoms with Crippen LogP contribution in [-0.4, -0.2) is 45.4 Å². The monoisotopic (exact) mass is 466 g/mol. The molecule has 11 nitrogen and oxygen atoms in total. The Balaban J connectivity index is 0.000000643. The second-order valence-electron chi connectivity index (χ2n) is 6.52. The maximum Gasteiger partial charge on any atom is 0.327 e. The molecule has 2 aromatic heterocycles. The van der Waals surface area contributed by atoms with Crippen LogP contribution in [0.15, 0.2) is 54.7 Å². The fraction of sp³-hybridized carbons (Fsp3) is 0.174. The van der Waals surface area contributed by atoms with Gasteiger partial charge in [-0.25, -0.2) is 14.8 Å². The molecule has 0 spiro atoms. The molecule has 2 aromatic carbocycles. The van der Waals surface area contributed by atoms with E-state index >= 15 is 0 Å². The summed E-state index contributed by atoms with van der Waals surface area (Å²) in [6, 6.07) is 14.0. The number of nitrogens with two attached hydrogens (primary N) is 2. The van der Waals surface area contributed by atoms with E-state index in [2.05, 4.69) is 45.2 Å². The molecule has 0 aliphatic heterocycles. The number of nitrogens with one attached hydrogen (secondary N) is 4. The number of anilines is 2. The first kappa shape index (κ1) is 27.5. The molecule has 0 aliphatic rings. The van der Waals surface area contributed by atoms with E-state index in [9.17, 15) is 9.59 Å². The third-order valence-electron chi connectivity index (χ3n) is 3.88. The van der Waals surface area contributed by atoms with Gasteiger partial charge in [0.15, 0.2) is 0 Å². The number of H-pyrrole nitrogens is 1. The Bertz CT molecular complexity index is 1220. The van der Waals surface area contributed by atoms with Crippen molar-refractivity contribution >= 4 is 51.8 Å². The van der Waals surface area contributed by atoms with Gasteiger partial charge in [0.2, 0.25) is 5.95 Å².